The minimum atomic E-state index is -3.76. The molecule has 1 saturated heterocycles. The molecule has 1 aliphatic rings. The van der Waals surface area contributed by atoms with Crippen molar-refractivity contribution in [1.82, 2.24) is 4.31 Å². The molecule has 8 heteroatoms. The molecule has 27 heavy (non-hydrogen) atoms. The van der Waals surface area contributed by atoms with E-state index in [2.05, 4.69) is 0 Å². The SMILES string of the molecule is CCOC(=O)C1CCN(S(=O)(=O)c2cc(OCC)c(C)cc2OCC)CC1. The second kappa shape index (κ2) is 9.41. The zero-order chi connectivity index (χ0) is 20.0. The zero-order valence-corrected chi connectivity index (χ0v) is 17.3. The van der Waals surface area contributed by atoms with Crippen molar-refractivity contribution in [2.45, 2.75) is 45.4 Å². The summed E-state index contributed by atoms with van der Waals surface area (Å²) < 4.78 is 44.1. The average molecular weight is 400 g/mol. The largest absolute Gasteiger partial charge is 0.494 e. The maximum atomic E-state index is 13.2. The molecule has 0 radical (unpaired) electrons. The molecule has 0 aliphatic carbocycles. The van der Waals surface area contributed by atoms with E-state index in [9.17, 15) is 13.2 Å². The third-order valence-electron chi connectivity index (χ3n) is 4.53. The van der Waals surface area contributed by atoms with Gasteiger partial charge >= 0.3 is 5.97 Å². The number of ether oxygens (including phenoxy) is 3. The van der Waals surface area contributed by atoms with Crippen molar-refractivity contribution in [2.75, 3.05) is 32.9 Å². The lowest BCUT2D eigenvalue weighted by Crippen LogP contribution is -2.40. The molecule has 1 aromatic carbocycles. The van der Waals surface area contributed by atoms with E-state index in [-0.39, 0.29) is 29.9 Å². The lowest BCUT2D eigenvalue weighted by atomic mass is 9.98. The van der Waals surface area contributed by atoms with Gasteiger partial charge in [-0.3, -0.25) is 4.79 Å². The van der Waals surface area contributed by atoms with Crippen molar-refractivity contribution in [2.24, 2.45) is 5.92 Å². The highest BCUT2D eigenvalue weighted by Crippen LogP contribution is 2.35. The summed E-state index contributed by atoms with van der Waals surface area (Å²) in [7, 11) is -3.76. The number of esters is 1. The third kappa shape index (κ3) is 4.93. The minimum absolute atomic E-state index is 0.105. The number of aryl methyl sites for hydroxylation is 1. The number of benzene rings is 1. The maximum Gasteiger partial charge on any atom is 0.309 e. The van der Waals surface area contributed by atoms with Crippen LogP contribution in [-0.2, 0) is 19.6 Å². The standard InChI is InChI=1S/C19H29NO6S/c1-5-24-16-13-18(17(25-6-2)12-14(16)4)27(22,23)20-10-8-15(9-11-20)19(21)26-7-3/h12-13,15H,5-11H2,1-4H3. The Kier molecular flexibility index (Phi) is 7.49. The Morgan fingerprint density at radius 3 is 2.19 bits per heavy atom. The average Bonchev–Trinajstić information content (AvgIpc) is 2.64. The summed E-state index contributed by atoms with van der Waals surface area (Å²) in [6, 6.07) is 3.24. The van der Waals surface area contributed by atoms with Gasteiger partial charge in [-0.25, -0.2) is 8.42 Å². The van der Waals surface area contributed by atoms with Crippen molar-refractivity contribution < 1.29 is 27.4 Å². The van der Waals surface area contributed by atoms with E-state index < -0.39 is 10.0 Å². The lowest BCUT2D eigenvalue weighted by Gasteiger charge is -2.30. The Balaban J connectivity index is 2.28. The zero-order valence-electron chi connectivity index (χ0n) is 16.5. The Hall–Kier alpha value is -1.80. The predicted molar refractivity (Wildman–Crippen MR) is 102 cm³/mol. The van der Waals surface area contributed by atoms with Gasteiger partial charge in [0.05, 0.1) is 25.7 Å². The van der Waals surface area contributed by atoms with Crippen LogP contribution in [0.1, 0.15) is 39.2 Å². The number of hydrogen-bond acceptors (Lipinski definition) is 6. The normalized spacial score (nSPS) is 16.1. The van der Waals surface area contributed by atoms with E-state index >= 15 is 0 Å². The topological polar surface area (TPSA) is 82.1 Å². The van der Waals surface area contributed by atoms with Gasteiger partial charge in [-0.1, -0.05) is 0 Å². The molecule has 0 unspecified atom stereocenters. The van der Waals surface area contributed by atoms with Crippen molar-refractivity contribution in [3.8, 4) is 11.5 Å². The van der Waals surface area contributed by atoms with Crippen LogP contribution in [0.25, 0.3) is 0 Å². The van der Waals surface area contributed by atoms with Crippen molar-refractivity contribution in [3.05, 3.63) is 17.7 Å². The molecule has 0 bridgehead atoms. The summed E-state index contributed by atoms with van der Waals surface area (Å²) in [5.74, 6) is 0.352. The maximum absolute atomic E-state index is 13.2. The van der Waals surface area contributed by atoms with Gasteiger partial charge in [-0.15, -0.1) is 0 Å². The van der Waals surface area contributed by atoms with Gasteiger partial charge in [-0.2, -0.15) is 4.31 Å². The summed E-state index contributed by atoms with van der Waals surface area (Å²) in [5.41, 5.74) is 0.820. The molecule has 1 fully saturated rings. The highest BCUT2D eigenvalue weighted by molar-refractivity contribution is 7.89. The molecule has 0 atom stereocenters. The van der Waals surface area contributed by atoms with Gasteiger partial charge < -0.3 is 14.2 Å². The molecule has 7 nitrogen and oxygen atoms in total. The second-order valence-corrected chi connectivity index (χ2v) is 8.27. The van der Waals surface area contributed by atoms with E-state index in [1.54, 1.807) is 13.0 Å². The number of rotatable bonds is 8. The van der Waals surface area contributed by atoms with Gasteiger partial charge in [0, 0.05) is 19.2 Å². The van der Waals surface area contributed by atoms with Crippen LogP contribution in [0.2, 0.25) is 0 Å². The number of nitrogens with zero attached hydrogens (tertiary/aromatic N) is 1. The molecule has 152 valence electrons. The van der Waals surface area contributed by atoms with E-state index in [0.717, 1.165) is 5.56 Å². The first-order valence-corrected chi connectivity index (χ1v) is 10.9. The summed E-state index contributed by atoms with van der Waals surface area (Å²) in [6.07, 6.45) is 0.901. The van der Waals surface area contributed by atoms with E-state index in [1.807, 2.05) is 20.8 Å². The summed E-state index contributed by atoms with van der Waals surface area (Å²) >= 11 is 0. The van der Waals surface area contributed by atoms with E-state index in [0.29, 0.717) is 44.2 Å². The molecule has 1 aliphatic heterocycles. The number of carbonyl (C=O) groups is 1. The van der Waals surface area contributed by atoms with Crippen LogP contribution in [0, 0.1) is 12.8 Å². The van der Waals surface area contributed by atoms with Crippen LogP contribution in [0.15, 0.2) is 17.0 Å². The molecule has 0 N–H and O–H groups in total. The number of hydrogen-bond donors (Lipinski definition) is 0. The highest BCUT2D eigenvalue weighted by Gasteiger charge is 2.34. The first-order chi connectivity index (χ1) is 12.8. The van der Waals surface area contributed by atoms with Crippen molar-refractivity contribution >= 4 is 16.0 Å². The molecular formula is C19H29NO6S. The fourth-order valence-electron chi connectivity index (χ4n) is 3.15. The Labute approximate surface area is 161 Å². The van der Waals surface area contributed by atoms with Crippen LogP contribution in [0.3, 0.4) is 0 Å². The number of piperidine rings is 1. The molecule has 0 aromatic heterocycles. The van der Waals surface area contributed by atoms with Crippen molar-refractivity contribution in [3.63, 3.8) is 0 Å². The van der Waals surface area contributed by atoms with Crippen LogP contribution >= 0.6 is 0 Å². The molecule has 2 rings (SSSR count). The lowest BCUT2D eigenvalue weighted by molar-refractivity contribution is -0.149. The van der Waals surface area contributed by atoms with Gasteiger partial charge in [0.2, 0.25) is 10.0 Å². The first-order valence-electron chi connectivity index (χ1n) is 9.42. The number of sulfonamides is 1. The Bertz CT molecular complexity index is 754. The molecular weight excluding hydrogens is 370 g/mol. The second-order valence-electron chi connectivity index (χ2n) is 6.36. The van der Waals surface area contributed by atoms with Gasteiger partial charge in [0.15, 0.2) is 0 Å². The van der Waals surface area contributed by atoms with Crippen molar-refractivity contribution in [1.29, 1.82) is 0 Å². The fraction of sp³-hybridized carbons (Fsp3) is 0.632. The molecule has 0 saturated carbocycles. The monoisotopic (exact) mass is 399 g/mol. The van der Waals surface area contributed by atoms with Crippen LogP contribution in [0.4, 0.5) is 0 Å². The molecule has 1 aromatic rings. The summed E-state index contributed by atoms with van der Waals surface area (Å²) in [5, 5.41) is 0. The van der Waals surface area contributed by atoms with E-state index in [1.165, 1.54) is 10.4 Å². The highest BCUT2D eigenvalue weighted by atomic mass is 32.2. The Morgan fingerprint density at radius 2 is 1.63 bits per heavy atom. The van der Waals surface area contributed by atoms with Gasteiger partial charge in [-0.05, 0) is 52.2 Å². The molecule has 1 heterocycles. The predicted octanol–water partition coefficient (Wildman–Crippen LogP) is 2.76. The van der Waals surface area contributed by atoms with Gasteiger partial charge in [0.25, 0.3) is 0 Å². The Morgan fingerprint density at radius 1 is 1.04 bits per heavy atom. The fourth-order valence-corrected chi connectivity index (χ4v) is 4.75. The van der Waals surface area contributed by atoms with Crippen LogP contribution in [0.5, 0.6) is 11.5 Å². The smallest absolute Gasteiger partial charge is 0.309 e. The quantitative estimate of drug-likeness (QED) is 0.625. The first kappa shape index (κ1) is 21.5. The third-order valence-corrected chi connectivity index (χ3v) is 6.45. The van der Waals surface area contributed by atoms with Crippen LogP contribution in [-0.4, -0.2) is 51.6 Å². The summed E-state index contributed by atoms with van der Waals surface area (Å²) in [4.78, 5) is 12.0. The minimum Gasteiger partial charge on any atom is -0.494 e. The van der Waals surface area contributed by atoms with Gasteiger partial charge in [0.1, 0.15) is 16.4 Å². The molecule has 0 amide bonds. The summed E-state index contributed by atoms with van der Waals surface area (Å²) in [6.45, 7) is 8.97. The van der Waals surface area contributed by atoms with E-state index in [4.69, 9.17) is 14.2 Å². The number of carbonyl (C=O) groups excluding carboxylic acids is 1. The van der Waals surface area contributed by atoms with Crippen LogP contribution < -0.4 is 9.47 Å². The molecule has 0 spiro atoms.